The van der Waals surface area contributed by atoms with Gasteiger partial charge in [0, 0.05) is 23.7 Å². The van der Waals surface area contributed by atoms with Crippen molar-refractivity contribution < 1.29 is 38.8 Å². The highest BCUT2D eigenvalue weighted by Gasteiger charge is 2.48. The number of hydrogen-bond donors (Lipinski definition) is 4. The summed E-state index contributed by atoms with van der Waals surface area (Å²) >= 11 is 0. The van der Waals surface area contributed by atoms with E-state index < -0.39 is 60.1 Å². The van der Waals surface area contributed by atoms with Crippen LogP contribution >= 0.6 is 0 Å². The van der Waals surface area contributed by atoms with Crippen molar-refractivity contribution in [2.24, 2.45) is 11.3 Å². The number of carboxylic acid groups (broad SMARTS) is 1. The van der Waals surface area contributed by atoms with Crippen LogP contribution < -0.4 is 10.6 Å². The van der Waals surface area contributed by atoms with Crippen LogP contribution in [0.15, 0.2) is 79.0 Å². The van der Waals surface area contributed by atoms with E-state index in [1.54, 1.807) is 6.20 Å². The number of aliphatic hydroxyl groups excluding tert-OH is 1. The fourth-order valence-corrected chi connectivity index (χ4v) is 6.92. The summed E-state index contributed by atoms with van der Waals surface area (Å²) in [5, 5.41) is 28.3. The van der Waals surface area contributed by atoms with Gasteiger partial charge in [0.1, 0.15) is 6.04 Å². The summed E-state index contributed by atoms with van der Waals surface area (Å²) in [6, 6.07) is 20.0. The molecule has 0 aliphatic carbocycles. The average molecular weight is 689 g/mol. The summed E-state index contributed by atoms with van der Waals surface area (Å²) in [6.07, 6.45) is -0.499. The second-order valence-electron chi connectivity index (χ2n) is 14.1. The van der Waals surface area contributed by atoms with Crippen LogP contribution in [0.1, 0.15) is 44.7 Å². The number of carbonyl (C=O) groups is 3. The van der Waals surface area contributed by atoms with Crippen LogP contribution in [-0.2, 0) is 31.8 Å². The van der Waals surface area contributed by atoms with Gasteiger partial charge in [0.15, 0.2) is 6.29 Å². The molecule has 0 saturated carbocycles. The molecule has 0 bridgehead atoms. The first kappa shape index (κ1) is 36.8. The molecule has 2 aliphatic heterocycles. The number of aromatic nitrogens is 1. The minimum atomic E-state index is -1.18. The van der Waals surface area contributed by atoms with Crippen molar-refractivity contribution >= 4 is 18.1 Å². The zero-order chi connectivity index (χ0) is 35.8. The number of nitrogens with zero attached hydrogens (tertiary/aromatic N) is 2. The predicted octanol–water partition coefficient (Wildman–Crippen LogP) is 4.65. The van der Waals surface area contributed by atoms with Crippen molar-refractivity contribution in [2.45, 2.75) is 83.0 Å². The van der Waals surface area contributed by atoms with Crippen molar-refractivity contribution in [1.82, 2.24) is 20.5 Å². The van der Waals surface area contributed by atoms with Gasteiger partial charge in [0.05, 0.1) is 44.2 Å². The van der Waals surface area contributed by atoms with E-state index in [0.29, 0.717) is 19.4 Å². The molecule has 268 valence electrons. The van der Waals surface area contributed by atoms with Crippen LogP contribution in [0.3, 0.4) is 0 Å². The van der Waals surface area contributed by atoms with Gasteiger partial charge in [-0.1, -0.05) is 81.4 Å². The van der Waals surface area contributed by atoms with Crippen LogP contribution in [-0.4, -0.2) is 95.1 Å². The first-order chi connectivity index (χ1) is 23.9. The van der Waals surface area contributed by atoms with E-state index in [1.807, 2.05) is 93.6 Å². The van der Waals surface area contributed by atoms with Crippen molar-refractivity contribution in [3.8, 4) is 11.3 Å². The molecule has 0 spiro atoms. The van der Waals surface area contributed by atoms with Gasteiger partial charge in [-0.05, 0) is 54.4 Å². The van der Waals surface area contributed by atoms with Crippen molar-refractivity contribution in [3.63, 3.8) is 0 Å². The van der Waals surface area contributed by atoms with E-state index in [0.717, 1.165) is 22.4 Å². The van der Waals surface area contributed by atoms with Crippen LogP contribution in [0.4, 0.5) is 9.59 Å². The second kappa shape index (κ2) is 16.5. The predicted molar refractivity (Wildman–Crippen MR) is 186 cm³/mol. The highest BCUT2D eigenvalue weighted by Crippen LogP contribution is 2.36. The summed E-state index contributed by atoms with van der Waals surface area (Å²) in [4.78, 5) is 45.0. The molecular weight excluding hydrogens is 640 g/mol. The second-order valence-corrected chi connectivity index (χ2v) is 14.1. The molecular formula is C38H48N4O8. The van der Waals surface area contributed by atoms with Gasteiger partial charge in [-0.15, -0.1) is 0 Å². The number of hydrogen-bond acceptors (Lipinski definition) is 8. The van der Waals surface area contributed by atoms with Gasteiger partial charge in [0.2, 0.25) is 5.91 Å². The zero-order valence-corrected chi connectivity index (χ0v) is 29.0. The van der Waals surface area contributed by atoms with Gasteiger partial charge < -0.3 is 35.1 Å². The number of alkyl carbamates (subject to hydrolysis) is 1. The Morgan fingerprint density at radius 2 is 1.66 bits per heavy atom. The minimum absolute atomic E-state index is 0.0253. The highest BCUT2D eigenvalue weighted by molar-refractivity contribution is 5.86. The third-order valence-electron chi connectivity index (χ3n) is 9.55. The van der Waals surface area contributed by atoms with Crippen LogP contribution in [0.5, 0.6) is 0 Å². The lowest BCUT2D eigenvalue weighted by Gasteiger charge is -2.38. The lowest BCUT2D eigenvalue weighted by molar-refractivity contribution is -0.127. The number of rotatable bonds is 13. The standard InChI is InChI=1S/C38H48N4O8/c1-38(2,3)33(41-36(45)48-4)34(44)40-30(21-25-13-15-26(16-14-25)29-12-8-9-18-39-29)32(43)22-27(20-24-10-6-5-7-11-24)42(37(46)47)31-23-50-35-28(31)17-19-49-35/h5-16,18,27-28,30-33,35,43H,17,19-23H2,1-4H3,(H,40,44)(H,41,45)(H,46,47)/t27-,28+,30-,31+,32-,33+,35-/m0/s1. The third kappa shape index (κ3) is 9.17. The van der Waals surface area contributed by atoms with Crippen molar-refractivity contribution in [2.75, 3.05) is 20.3 Å². The number of methoxy groups -OCH3 is 1. The summed E-state index contributed by atoms with van der Waals surface area (Å²) < 4.78 is 16.3. The minimum Gasteiger partial charge on any atom is -0.465 e. The number of benzene rings is 2. The molecule has 50 heavy (non-hydrogen) atoms. The molecule has 3 aromatic rings. The topological polar surface area (TPSA) is 160 Å². The smallest absolute Gasteiger partial charge is 0.407 e. The van der Waals surface area contributed by atoms with Gasteiger partial charge in [-0.25, -0.2) is 9.59 Å². The van der Waals surface area contributed by atoms with E-state index >= 15 is 0 Å². The maximum Gasteiger partial charge on any atom is 0.407 e. The van der Waals surface area contributed by atoms with Gasteiger partial charge >= 0.3 is 12.2 Å². The highest BCUT2D eigenvalue weighted by atomic mass is 16.7. The first-order valence-corrected chi connectivity index (χ1v) is 17.1. The van der Waals surface area contributed by atoms with Gasteiger partial charge in [0.25, 0.3) is 0 Å². The molecule has 12 heteroatoms. The molecule has 7 atom stereocenters. The van der Waals surface area contributed by atoms with Crippen LogP contribution in [0.25, 0.3) is 11.3 Å². The number of pyridine rings is 1. The van der Waals surface area contributed by atoms with Gasteiger partial charge in [-0.2, -0.15) is 0 Å². The number of aliphatic hydroxyl groups is 1. The van der Waals surface area contributed by atoms with Gasteiger partial charge in [-0.3, -0.25) is 14.7 Å². The fourth-order valence-electron chi connectivity index (χ4n) is 6.92. The fraction of sp³-hybridized carbons (Fsp3) is 0.474. The van der Waals surface area contributed by atoms with Crippen LogP contribution in [0, 0.1) is 11.3 Å². The molecule has 2 aromatic carbocycles. The van der Waals surface area contributed by atoms with Crippen LogP contribution in [0.2, 0.25) is 0 Å². The largest absolute Gasteiger partial charge is 0.465 e. The Morgan fingerprint density at radius 3 is 2.30 bits per heavy atom. The molecule has 0 unspecified atom stereocenters. The van der Waals surface area contributed by atoms with E-state index in [-0.39, 0.29) is 25.4 Å². The molecule has 12 nitrogen and oxygen atoms in total. The Bertz CT molecular complexity index is 1570. The maximum absolute atomic E-state index is 13.9. The number of fused-ring (bicyclic) bond motifs is 1. The molecule has 4 N–H and O–H groups in total. The summed E-state index contributed by atoms with van der Waals surface area (Å²) in [7, 11) is 1.23. The van der Waals surface area contributed by atoms with Crippen molar-refractivity contribution in [3.05, 3.63) is 90.1 Å². The van der Waals surface area contributed by atoms with E-state index in [4.69, 9.17) is 14.2 Å². The Morgan fingerprint density at radius 1 is 0.960 bits per heavy atom. The Labute approximate surface area is 293 Å². The number of ether oxygens (including phenoxy) is 3. The Hall–Kier alpha value is -4.52. The lowest BCUT2D eigenvalue weighted by Crippen LogP contribution is -2.58. The molecule has 2 aliphatic rings. The molecule has 3 amide bonds. The molecule has 0 radical (unpaired) electrons. The Kier molecular flexibility index (Phi) is 12.1. The molecule has 3 heterocycles. The zero-order valence-electron chi connectivity index (χ0n) is 29.0. The lowest BCUT2D eigenvalue weighted by atomic mass is 9.85. The first-order valence-electron chi connectivity index (χ1n) is 17.1. The summed E-state index contributed by atoms with van der Waals surface area (Å²) in [5.74, 6) is -0.617. The monoisotopic (exact) mass is 688 g/mol. The summed E-state index contributed by atoms with van der Waals surface area (Å²) in [6.45, 7) is 6.14. The van der Waals surface area contributed by atoms with Crippen molar-refractivity contribution in [1.29, 1.82) is 0 Å². The molecule has 2 fully saturated rings. The number of carbonyl (C=O) groups excluding carboxylic acids is 2. The quantitative estimate of drug-likeness (QED) is 0.201. The number of amides is 3. The number of nitrogens with one attached hydrogen (secondary N) is 2. The molecule has 1 aromatic heterocycles. The maximum atomic E-state index is 13.9. The summed E-state index contributed by atoms with van der Waals surface area (Å²) in [5.41, 5.74) is 2.78. The molecule has 2 saturated heterocycles. The Balaban J connectivity index is 1.45. The SMILES string of the molecule is COC(=O)N[C@H](C(=O)N[C@@H](Cc1ccc(-c2ccccn2)cc1)[C@@H](O)C[C@H](Cc1ccccc1)N(C(=O)O)[C@@H]1CO[C@@H]2OCC[C@@H]21)C(C)(C)C. The molecule has 5 rings (SSSR count). The average Bonchev–Trinajstić information content (AvgIpc) is 3.72. The van der Waals surface area contributed by atoms with E-state index in [2.05, 4.69) is 15.6 Å². The third-order valence-corrected chi connectivity index (χ3v) is 9.55. The van der Waals surface area contributed by atoms with E-state index in [1.165, 1.54) is 12.0 Å². The van der Waals surface area contributed by atoms with E-state index in [9.17, 15) is 24.6 Å². The normalized spacial score (nSPS) is 20.9.